The molecule has 0 aliphatic carbocycles. The SMILES string of the molecule is O=C1CC(c2c(O)cc3c(c2C(=O)O)C2(OC(=O)c4ccccc42)c2ccc(O)cc2O3)C(=O)N1. The molecule has 1 saturated heterocycles. The Balaban J connectivity index is 1.76. The largest absolute Gasteiger partial charge is 0.508 e. The van der Waals surface area contributed by atoms with E-state index in [1.807, 2.05) is 0 Å². The number of carboxylic acids is 1. The fourth-order valence-electron chi connectivity index (χ4n) is 5.19. The summed E-state index contributed by atoms with van der Waals surface area (Å²) in [5.74, 6) is -5.67. The van der Waals surface area contributed by atoms with Crippen molar-refractivity contribution in [2.45, 2.75) is 17.9 Å². The number of rotatable bonds is 2. The van der Waals surface area contributed by atoms with Crippen molar-refractivity contribution >= 4 is 23.8 Å². The minimum Gasteiger partial charge on any atom is -0.508 e. The van der Waals surface area contributed by atoms with E-state index in [2.05, 4.69) is 5.32 Å². The molecule has 3 aromatic rings. The van der Waals surface area contributed by atoms with E-state index < -0.39 is 46.6 Å². The molecule has 0 saturated carbocycles. The summed E-state index contributed by atoms with van der Waals surface area (Å²) in [4.78, 5) is 50.1. The minimum atomic E-state index is -1.82. The summed E-state index contributed by atoms with van der Waals surface area (Å²) in [6, 6.07) is 11.6. The van der Waals surface area contributed by atoms with E-state index >= 15 is 0 Å². The van der Waals surface area contributed by atoms with Gasteiger partial charge in [-0.1, -0.05) is 18.2 Å². The van der Waals surface area contributed by atoms with Gasteiger partial charge in [-0.3, -0.25) is 14.9 Å². The van der Waals surface area contributed by atoms with Crippen molar-refractivity contribution in [2.75, 3.05) is 0 Å². The molecule has 35 heavy (non-hydrogen) atoms. The molecule has 3 aliphatic heterocycles. The van der Waals surface area contributed by atoms with Gasteiger partial charge in [0.2, 0.25) is 11.8 Å². The van der Waals surface area contributed by atoms with Crippen LogP contribution in [0.3, 0.4) is 0 Å². The smallest absolute Gasteiger partial charge is 0.340 e. The Morgan fingerprint density at radius 2 is 1.77 bits per heavy atom. The zero-order chi connectivity index (χ0) is 24.6. The predicted molar refractivity (Wildman–Crippen MR) is 115 cm³/mol. The molecule has 2 atom stereocenters. The highest BCUT2D eigenvalue weighted by Crippen LogP contribution is 2.59. The van der Waals surface area contributed by atoms with Crippen molar-refractivity contribution in [1.82, 2.24) is 5.32 Å². The molecule has 3 heterocycles. The van der Waals surface area contributed by atoms with Gasteiger partial charge in [-0.15, -0.1) is 0 Å². The van der Waals surface area contributed by atoms with Crippen molar-refractivity contribution in [3.63, 3.8) is 0 Å². The van der Waals surface area contributed by atoms with E-state index in [1.54, 1.807) is 18.2 Å². The van der Waals surface area contributed by atoms with E-state index in [0.717, 1.165) is 6.07 Å². The van der Waals surface area contributed by atoms with Crippen molar-refractivity contribution in [3.05, 3.63) is 81.9 Å². The number of benzene rings is 3. The van der Waals surface area contributed by atoms with Crippen molar-refractivity contribution in [1.29, 1.82) is 0 Å². The Morgan fingerprint density at radius 1 is 1.00 bits per heavy atom. The van der Waals surface area contributed by atoms with Gasteiger partial charge in [0, 0.05) is 35.2 Å². The van der Waals surface area contributed by atoms with E-state index in [-0.39, 0.29) is 45.9 Å². The van der Waals surface area contributed by atoms with E-state index in [9.17, 15) is 34.5 Å². The van der Waals surface area contributed by atoms with Gasteiger partial charge >= 0.3 is 11.9 Å². The van der Waals surface area contributed by atoms with Crippen LogP contribution in [0.2, 0.25) is 0 Å². The number of phenolic OH excluding ortho intramolecular Hbond substituents is 2. The molecule has 3 aromatic carbocycles. The highest BCUT2D eigenvalue weighted by atomic mass is 16.6. The Kier molecular flexibility index (Phi) is 4.04. The number of imide groups is 1. The Hall–Kier alpha value is -4.86. The van der Waals surface area contributed by atoms with Crippen LogP contribution < -0.4 is 10.1 Å². The van der Waals surface area contributed by atoms with Crippen LogP contribution in [0, 0.1) is 0 Å². The molecule has 0 aromatic heterocycles. The first kappa shape index (κ1) is 20.7. The Bertz CT molecular complexity index is 1530. The number of aromatic hydroxyl groups is 2. The first-order valence-corrected chi connectivity index (χ1v) is 10.5. The van der Waals surface area contributed by atoms with Crippen LogP contribution in [0.4, 0.5) is 0 Å². The van der Waals surface area contributed by atoms with Crippen LogP contribution in [0.15, 0.2) is 48.5 Å². The van der Waals surface area contributed by atoms with Crippen molar-refractivity contribution in [2.24, 2.45) is 0 Å². The normalized spacial score (nSPS) is 21.6. The highest BCUT2D eigenvalue weighted by molar-refractivity contribution is 6.09. The zero-order valence-electron chi connectivity index (χ0n) is 17.7. The lowest BCUT2D eigenvalue weighted by Crippen LogP contribution is -2.36. The summed E-state index contributed by atoms with van der Waals surface area (Å²) in [6.45, 7) is 0. The Morgan fingerprint density at radius 3 is 2.49 bits per heavy atom. The van der Waals surface area contributed by atoms with Crippen LogP contribution >= 0.6 is 0 Å². The summed E-state index contributed by atoms with van der Waals surface area (Å²) in [7, 11) is 0. The molecule has 2 amide bonds. The molecule has 1 spiro atoms. The monoisotopic (exact) mass is 473 g/mol. The number of phenols is 2. The van der Waals surface area contributed by atoms with Gasteiger partial charge in [0.1, 0.15) is 23.0 Å². The third kappa shape index (κ3) is 2.64. The number of nitrogens with one attached hydrogen (secondary N) is 1. The molecular formula is C25H15NO9. The topological polar surface area (TPSA) is 159 Å². The molecule has 174 valence electrons. The number of hydrogen-bond acceptors (Lipinski definition) is 8. The third-order valence-electron chi connectivity index (χ3n) is 6.53. The maximum atomic E-state index is 13.0. The first-order chi connectivity index (χ1) is 16.7. The summed E-state index contributed by atoms with van der Waals surface area (Å²) in [5, 5.41) is 33.4. The quantitative estimate of drug-likeness (QED) is 0.324. The van der Waals surface area contributed by atoms with Gasteiger partial charge < -0.3 is 24.8 Å². The highest BCUT2D eigenvalue weighted by Gasteiger charge is 2.56. The van der Waals surface area contributed by atoms with E-state index in [4.69, 9.17) is 9.47 Å². The van der Waals surface area contributed by atoms with Crippen LogP contribution in [-0.4, -0.2) is 39.1 Å². The second kappa shape index (κ2) is 6.83. The molecule has 2 unspecified atom stereocenters. The maximum absolute atomic E-state index is 13.0. The van der Waals surface area contributed by atoms with Crippen LogP contribution in [0.1, 0.15) is 55.3 Å². The van der Waals surface area contributed by atoms with Crippen LogP contribution in [-0.2, 0) is 19.9 Å². The first-order valence-electron chi connectivity index (χ1n) is 10.5. The minimum absolute atomic E-state index is 0.0827. The Labute approximate surface area is 196 Å². The zero-order valence-corrected chi connectivity index (χ0v) is 17.7. The number of esters is 1. The molecule has 0 radical (unpaired) electrons. The summed E-state index contributed by atoms with van der Waals surface area (Å²) < 4.78 is 11.8. The molecule has 10 heteroatoms. The number of hydrogen-bond donors (Lipinski definition) is 4. The number of carbonyl (C=O) groups is 4. The van der Waals surface area contributed by atoms with Crippen molar-refractivity contribution in [3.8, 4) is 23.0 Å². The van der Waals surface area contributed by atoms with E-state index in [1.165, 1.54) is 24.3 Å². The number of fused-ring (bicyclic) bond motifs is 6. The number of aromatic carboxylic acids is 1. The van der Waals surface area contributed by atoms with Gasteiger partial charge in [0.25, 0.3) is 0 Å². The molecule has 10 nitrogen and oxygen atoms in total. The standard InChI is InChI=1S/C25H15NO9/c27-10-5-6-14-16(7-10)34-17-9-15(28)19(12-8-18(29)26-22(12)30)20(23(31)32)21(17)25(14)13-4-2-1-3-11(13)24(33)35-25/h1-7,9,12,27-28H,8H2,(H,31,32)(H,26,29,30). The van der Waals surface area contributed by atoms with Gasteiger partial charge in [-0.25, -0.2) is 9.59 Å². The van der Waals surface area contributed by atoms with Crippen molar-refractivity contribution < 1.29 is 44.0 Å². The molecule has 3 aliphatic rings. The van der Waals surface area contributed by atoms with E-state index in [0.29, 0.717) is 5.56 Å². The molecule has 0 bridgehead atoms. The van der Waals surface area contributed by atoms with Gasteiger partial charge in [-0.05, 0) is 18.2 Å². The van der Waals surface area contributed by atoms with Crippen LogP contribution in [0.25, 0.3) is 0 Å². The maximum Gasteiger partial charge on any atom is 0.340 e. The van der Waals surface area contributed by atoms with Crippen LogP contribution in [0.5, 0.6) is 23.0 Å². The average molecular weight is 473 g/mol. The number of amides is 2. The third-order valence-corrected chi connectivity index (χ3v) is 6.53. The lowest BCUT2D eigenvalue weighted by Gasteiger charge is -2.38. The van der Waals surface area contributed by atoms with Gasteiger partial charge in [-0.2, -0.15) is 0 Å². The summed E-state index contributed by atoms with van der Waals surface area (Å²) >= 11 is 0. The number of ether oxygens (including phenoxy) is 2. The summed E-state index contributed by atoms with van der Waals surface area (Å²) in [5.41, 5.74) is -1.97. The molecular weight excluding hydrogens is 458 g/mol. The fourth-order valence-corrected chi connectivity index (χ4v) is 5.19. The molecule has 1 fully saturated rings. The van der Waals surface area contributed by atoms with Gasteiger partial charge in [0.05, 0.1) is 22.6 Å². The second-order valence-electron chi connectivity index (χ2n) is 8.43. The lowest BCUT2D eigenvalue weighted by atomic mass is 9.73. The molecule has 6 rings (SSSR count). The average Bonchev–Trinajstić information content (AvgIpc) is 3.29. The fraction of sp³-hybridized carbons (Fsp3) is 0.120. The van der Waals surface area contributed by atoms with Gasteiger partial charge in [0.15, 0.2) is 5.60 Å². The number of carboxylic acid groups (broad SMARTS) is 1. The number of carbonyl (C=O) groups excluding carboxylic acids is 3. The second-order valence-corrected chi connectivity index (χ2v) is 8.43. The predicted octanol–water partition coefficient (Wildman–Crippen LogP) is 2.49. The molecule has 4 N–H and O–H groups in total. The lowest BCUT2D eigenvalue weighted by molar-refractivity contribution is -0.125. The summed E-state index contributed by atoms with van der Waals surface area (Å²) in [6.07, 6.45) is -0.361.